The number of aromatic amines is 1. The highest BCUT2D eigenvalue weighted by molar-refractivity contribution is 6.38. The van der Waals surface area contributed by atoms with Gasteiger partial charge in [0.15, 0.2) is 5.69 Å². The third kappa shape index (κ3) is 1.32. The van der Waals surface area contributed by atoms with Gasteiger partial charge in [0.05, 0.1) is 5.02 Å². The quantitative estimate of drug-likeness (QED) is 0.792. The van der Waals surface area contributed by atoms with E-state index in [4.69, 9.17) is 28.3 Å². The minimum atomic E-state index is -1.09. The lowest BCUT2D eigenvalue weighted by molar-refractivity contribution is 0.0692. The molecule has 2 rings (SSSR count). The first-order valence-electron chi connectivity index (χ1n) is 3.66. The van der Waals surface area contributed by atoms with Crippen LogP contribution in [0.1, 0.15) is 10.5 Å². The summed E-state index contributed by atoms with van der Waals surface area (Å²) < 4.78 is 0. The topological polar surface area (TPSA) is 66.0 Å². The highest BCUT2D eigenvalue weighted by Crippen LogP contribution is 2.28. The Morgan fingerprint density at radius 1 is 1.43 bits per heavy atom. The lowest BCUT2D eigenvalue weighted by Crippen LogP contribution is -1.96. The van der Waals surface area contributed by atoms with E-state index in [1.54, 1.807) is 0 Å². The summed E-state index contributed by atoms with van der Waals surface area (Å²) in [5.41, 5.74) is 0.401. The molecule has 0 saturated carbocycles. The van der Waals surface area contributed by atoms with Crippen LogP contribution >= 0.6 is 23.2 Å². The summed E-state index contributed by atoms with van der Waals surface area (Å²) in [4.78, 5) is 10.7. The highest BCUT2D eigenvalue weighted by Gasteiger charge is 2.14. The first-order chi connectivity index (χ1) is 6.59. The molecule has 4 nitrogen and oxygen atoms in total. The van der Waals surface area contributed by atoms with Gasteiger partial charge in [-0.05, 0) is 12.1 Å². The number of rotatable bonds is 1. The Morgan fingerprint density at radius 3 is 2.79 bits per heavy atom. The highest BCUT2D eigenvalue weighted by atomic mass is 35.5. The zero-order valence-corrected chi connectivity index (χ0v) is 8.23. The molecule has 0 aliphatic carbocycles. The third-order valence-corrected chi connectivity index (χ3v) is 2.30. The second-order valence-electron chi connectivity index (χ2n) is 2.69. The van der Waals surface area contributed by atoms with Gasteiger partial charge in [-0.2, -0.15) is 5.10 Å². The summed E-state index contributed by atoms with van der Waals surface area (Å²) in [6.45, 7) is 0. The molecule has 1 heterocycles. The van der Waals surface area contributed by atoms with Crippen LogP contribution in [0, 0.1) is 0 Å². The van der Waals surface area contributed by atoms with E-state index in [1.807, 2.05) is 0 Å². The fourth-order valence-corrected chi connectivity index (χ4v) is 1.74. The van der Waals surface area contributed by atoms with Crippen molar-refractivity contribution in [3.63, 3.8) is 0 Å². The van der Waals surface area contributed by atoms with Crippen molar-refractivity contribution in [3.8, 4) is 0 Å². The van der Waals surface area contributed by atoms with Gasteiger partial charge >= 0.3 is 5.97 Å². The number of nitrogens with zero attached hydrogens (tertiary/aromatic N) is 1. The monoisotopic (exact) mass is 230 g/mol. The molecular formula is C8H4Cl2N2O2. The van der Waals surface area contributed by atoms with E-state index in [9.17, 15) is 4.79 Å². The number of hydrogen-bond acceptors (Lipinski definition) is 2. The van der Waals surface area contributed by atoms with E-state index >= 15 is 0 Å². The Hall–Kier alpha value is -1.26. The second kappa shape index (κ2) is 3.15. The number of carboxylic acid groups (broad SMARTS) is 1. The molecule has 0 aliphatic heterocycles. The van der Waals surface area contributed by atoms with Gasteiger partial charge in [-0.1, -0.05) is 23.2 Å². The lowest BCUT2D eigenvalue weighted by Gasteiger charge is -1.94. The van der Waals surface area contributed by atoms with Gasteiger partial charge in [0.1, 0.15) is 5.52 Å². The lowest BCUT2D eigenvalue weighted by atomic mass is 10.2. The second-order valence-corrected chi connectivity index (χ2v) is 3.53. The fourth-order valence-electron chi connectivity index (χ4n) is 1.21. The number of benzene rings is 1. The Kier molecular flexibility index (Phi) is 2.09. The van der Waals surface area contributed by atoms with E-state index in [0.717, 1.165) is 0 Å². The predicted octanol–water partition coefficient (Wildman–Crippen LogP) is 2.57. The molecule has 0 saturated heterocycles. The maximum Gasteiger partial charge on any atom is 0.354 e. The van der Waals surface area contributed by atoms with Crippen molar-refractivity contribution >= 4 is 40.1 Å². The summed E-state index contributed by atoms with van der Waals surface area (Å²) in [5.74, 6) is -1.09. The summed E-state index contributed by atoms with van der Waals surface area (Å²) in [6, 6.07) is 3.02. The summed E-state index contributed by atoms with van der Waals surface area (Å²) in [6.07, 6.45) is 0. The van der Waals surface area contributed by atoms with Crippen molar-refractivity contribution in [1.29, 1.82) is 0 Å². The van der Waals surface area contributed by atoms with Crippen molar-refractivity contribution in [2.45, 2.75) is 0 Å². The number of carbonyl (C=O) groups is 1. The van der Waals surface area contributed by atoms with E-state index in [2.05, 4.69) is 10.2 Å². The summed E-state index contributed by atoms with van der Waals surface area (Å²) in [7, 11) is 0. The molecule has 6 heteroatoms. The molecule has 2 N–H and O–H groups in total. The van der Waals surface area contributed by atoms with Gasteiger partial charge in [-0.15, -0.1) is 0 Å². The zero-order valence-electron chi connectivity index (χ0n) is 6.71. The van der Waals surface area contributed by atoms with Crippen LogP contribution in [-0.2, 0) is 0 Å². The molecule has 1 aromatic heterocycles. The Morgan fingerprint density at radius 2 is 2.14 bits per heavy atom. The van der Waals surface area contributed by atoms with Crippen molar-refractivity contribution in [2.24, 2.45) is 0 Å². The van der Waals surface area contributed by atoms with Gasteiger partial charge < -0.3 is 5.11 Å². The number of fused-ring (bicyclic) bond motifs is 1. The van der Waals surface area contributed by atoms with Crippen molar-refractivity contribution in [3.05, 3.63) is 27.9 Å². The molecule has 72 valence electrons. The maximum atomic E-state index is 10.7. The minimum absolute atomic E-state index is 0.00981. The fraction of sp³-hybridized carbons (Fsp3) is 0. The zero-order chi connectivity index (χ0) is 10.3. The van der Waals surface area contributed by atoms with Crippen LogP contribution in [0.2, 0.25) is 10.0 Å². The number of carboxylic acids is 1. The molecule has 0 aliphatic rings. The average molecular weight is 231 g/mol. The molecule has 0 bridgehead atoms. The van der Waals surface area contributed by atoms with E-state index in [0.29, 0.717) is 20.9 Å². The van der Waals surface area contributed by atoms with E-state index < -0.39 is 5.97 Å². The van der Waals surface area contributed by atoms with Crippen LogP contribution in [0.5, 0.6) is 0 Å². The first kappa shape index (κ1) is 9.30. The van der Waals surface area contributed by atoms with Crippen LogP contribution in [0.4, 0.5) is 0 Å². The van der Waals surface area contributed by atoms with E-state index in [1.165, 1.54) is 12.1 Å². The number of nitrogens with one attached hydrogen (secondary N) is 1. The van der Waals surface area contributed by atoms with Crippen molar-refractivity contribution < 1.29 is 9.90 Å². The number of hydrogen-bond donors (Lipinski definition) is 2. The standard InChI is InChI=1S/C8H4Cl2N2O2/c9-3-1-4-6(5(10)2-3)11-12-7(4)8(13)14/h1-2H,(H,11,12)(H,13,14). The normalized spacial score (nSPS) is 10.7. The number of aromatic carboxylic acids is 1. The maximum absolute atomic E-state index is 10.7. The Bertz CT molecular complexity index is 521. The van der Waals surface area contributed by atoms with Gasteiger partial charge in [-0.25, -0.2) is 4.79 Å². The van der Waals surface area contributed by atoms with Crippen LogP contribution in [0.25, 0.3) is 10.9 Å². The molecule has 0 radical (unpaired) electrons. The largest absolute Gasteiger partial charge is 0.477 e. The number of H-pyrrole nitrogens is 1. The van der Waals surface area contributed by atoms with Gasteiger partial charge in [0.2, 0.25) is 0 Å². The van der Waals surface area contributed by atoms with Gasteiger partial charge in [0, 0.05) is 10.4 Å². The smallest absolute Gasteiger partial charge is 0.354 e. The van der Waals surface area contributed by atoms with Crippen LogP contribution in [0.3, 0.4) is 0 Å². The average Bonchev–Trinajstić information content (AvgIpc) is 2.47. The van der Waals surface area contributed by atoms with Crippen LogP contribution < -0.4 is 0 Å². The number of halogens is 2. The van der Waals surface area contributed by atoms with Gasteiger partial charge in [-0.3, -0.25) is 5.10 Å². The molecule has 0 fully saturated rings. The van der Waals surface area contributed by atoms with Gasteiger partial charge in [0.25, 0.3) is 0 Å². The van der Waals surface area contributed by atoms with Crippen LogP contribution in [0.15, 0.2) is 12.1 Å². The molecule has 2 aromatic rings. The third-order valence-electron chi connectivity index (χ3n) is 1.79. The SMILES string of the molecule is O=C(O)c1[nH]nc2c(Cl)cc(Cl)cc12. The minimum Gasteiger partial charge on any atom is -0.477 e. The van der Waals surface area contributed by atoms with Crippen molar-refractivity contribution in [2.75, 3.05) is 0 Å². The molecule has 0 atom stereocenters. The molecule has 0 unspecified atom stereocenters. The summed E-state index contributed by atoms with van der Waals surface area (Å²) in [5, 5.41) is 16.1. The van der Waals surface area contributed by atoms with E-state index in [-0.39, 0.29) is 5.69 Å². The van der Waals surface area contributed by atoms with Crippen molar-refractivity contribution in [1.82, 2.24) is 10.2 Å². The first-order valence-corrected chi connectivity index (χ1v) is 4.41. The Balaban J connectivity index is 2.85. The molecule has 0 spiro atoms. The molecular weight excluding hydrogens is 227 g/mol. The number of aromatic nitrogens is 2. The molecule has 0 amide bonds. The van der Waals surface area contributed by atoms with Crippen LogP contribution in [-0.4, -0.2) is 21.3 Å². The predicted molar refractivity (Wildman–Crippen MR) is 53.1 cm³/mol. The molecule has 14 heavy (non-hydrogen) atoms. The molecule has 1 aromatic carbocycles. The summed E-state index contributed by atoms with van der Waals surface area (Å²) >= 11 is 11.6. The Labute approximate surface area is 88.4 Å².